The third kappa shape index (κ3) is 2.40. The lowest BCUT2D eigenvalue weighted by molar-refractivity contribution is 0.481. The summed E-state index contributed by atoms with van der Waals surface area (Å²) < 4.78 is 24.5. The van der Waals surface area contributed by atoms with Crippen LogP contribution in [-0.4, -0.2) is 27.7 Å². The number of pyridine rings is 1. The molecule has 0 spiro atoms. The van der Waals surface area contributed by atoms with E-state index in [9.17, 15) is 9.11 Å². The average Bonchev–Trinajstić information content (AvgIpc) is 3.39. The van der Waals surface area contributed by atoms with Crippen LogP contribution in [0.1, 0.15) is 18.5 Å². The van der Waals surface area contributed by atoms with Crippen molar-refractivity contribution in [3.05, 3.63) is 42.2 Å². The molecule has 24 heavy (non-hydrogen) atoms. The van der Waals surface area contributed by atoms with Gasteiger partial charge in [-0.1, -0.05) is 6.07 Å². The molecular formula is C17H18N4O2S. The van der Waals surface area contributed by atoms with Crippen molar-refractivity contribution >= 4 is 22.3 Å². The number of anilines is 2. The Morgan fingerprint density at radius 3 is 2.67 bits per heavy atom. The number of hydrogen-bond donors (Lipinski definition) is 2. The summed E-state index contributed by atoms with van der Waals surface area (Å²) in [5.74, 6) is 0.550. The largest absolute Gasteiger partial charge is 0.264 e. The van der Waals surface area contributed by atoms with Gasteiger partial charge in [0, 0.05) is 19.8 Å². The van der Waals surface area contributed by atoms with Crippen molar-refractivity contribution in [3.8, 4) is 17.2 Å². The van der Waals surface area contributed by atoms with Crippen molar-refractivity contribution in [1.29, 1.82) is 5.26 Å². The molecule has 2 aromatic rings. The van der Waals surface area contributed by atoms with Gasteiger partial charge in [0.15, 0.2) is 0 Å². The van der Waals surface area contributed by atoms with Crippen molar-refractivity contribution in [2.24, 2.45) is 5.92 Å². The van der Waals surface area contributed by atoms with E-state index in [4.69, 9.17) is 5.26 Å². The van der Waals surface area contributed by atoms with E-state index in [0.717, 1.165) is 35.3 Å². The van der Waals surface area contributed by atoms with Crippen LogP contribution < -0.4 is 8.61 Å². The summed E-state index contributed by atoms with van der Waals surface area (Å²) in [4.78, 5) is 3.99. The highest BCUT2D eigenvalue weighted by Crippen LogP contribution is 2.61. The molecule has 6 nitrogen and oxygen atoms in total. The van der Waals surface area contributed by atoms with E-state index < -0.39 is 11.0 Å². The summed E-state index contributed by atoms with van der Waals surface area (Å²) in [6, 6.07) is 11.4. The Hall–Kier alpha value is -2.27. The summed E-state index contributed by atoms with van der Waals surface area (Å²) in [5.41, 5.74) is 3.81. The number of fused-ring (bicyclic) bond motifs is 1. The Bertz CT molecular complexity index is 845. The van der Waals surface area contributed by atoms with Crippen LogP contribution >= 0.6 is 11.0 Å². The smallest absolute Gasteiger partial charge is 0.141 e. The molecular weight excluding hydrogens is 324 g/mol. The van der Waals surface area contributed by atoms with Crippen LogP contribution in [0.5, 0.6) is 0 Å². The molecule has 0 bridgehead atoms. The molecule has 1 saturated carbocycles. The Labute approximate surface area is 142 Å². The number of benzene rings is 1. The van der Waals surface area contributed by atoms with Crippen molar-refractivity contribution in [2.45, 2.75) is 12.8 Å². The summed E-state index contributed by atoms with van der Waals surface area (Å²) >= 11 is 0. The molecule has 0 radical (unpaired) electrons. The molecule has 0 amide bonds. The van der Waals surface area contributed by atoms with Crippen LogP contribution in [0.15, 0.2) is 36.5 Å². The molecule has 7 heteroatoms. The van der Waals surface area contributed by atoms with Crippen LogP contribution in [0.3, 0.4) is 0 Å². The van der Waals surface area contributed by atoms with E-state index >= 15 is 0 Å². The molecule has 1 aromatic heterocycles. The van der Waals surface area contributed by atoms with E-state index in [1.54, 1.807) is 27.9 Å². The minimum atomic E-state index is -2.99. The van der Waals surface area contributed by atoms with E-state index in [1.807, 2.05) is 30.3 Å². The second-order valence-electron chi connectivity index (χ2n) is 6.24. The fraction of sp³-hybridized carbons (Fsp3) is 0.294. The first-order valence-corrected chi connectivity index (χ1v) is 9.27. The van der Waals surface area contributed by atoms with Crippen molar-refractivity contribution in [3.63, 3.8) is 0 Å². The fourth-order valence-electron chi connectivity index (χ4n) is 2.98. The summed E-state index contributed by atoms with van der Waals surface area (Å²) in [5, 5.41) is 9.01. The van der Waals surface area contributed by atoms with E-state index in [-0.39, 0.29) is 0 Å². The zero-order chi connectivity index (χ0) is 16.9. The van der Waals surface area contributed by atoms with Gasteiger partial charge in [-0.25, -0.2) is 4.98 Å². The Morgan fingerprint density at radius 1 is 1.21 bits per heavy atom. The molecule has 1 fully saturated rings. The summed E-state index contributed by atoms with van der Waals surface area (Å²) in [6.45, 7) is 0.673. The lowest BCUT2D eigenvalue weighted by Crippen LogP contribution is -2.32. The third-order valence-corrected chi connectivity index (χ3v) is 6.44. The second-order valence-corrected chi connectivity index (χ2v) is 8.21. The Balaban J connectivity index is 1.75. The standard InChI is InChI=1S/C17H18N4O2S/c1-20-17-9-13(14-6-7-19-15(8-14)10-18)4-5-16(17)21(24(20,22)23)11-12-2-3-12/h4-9,12,22-23H,2-3,11H2,1H3. The van der Waals surface area contributed by atoms with Crippen LogP contribution in [0.2, 0.25) is 0 Å². The maximum Gasteiger partial charge on any atom is 0.141 e. The zero-order valence-corrected chi connectivity index (χ0v) is 14.1. The van der Waals surface area contributed by atoms with Crippen LogP contribution in [0.4, 0.5) is 11.4 Å². The lowest BCUT2D eigenvalue weighted by atomic mass is 10.0. The highest BCUT2D eigenvalue weighted by atomic mass is 32.3. The van der Waals surface area contributed by atoms with Gasteiger partial charge in [-0.15, -0.1) is 0 Å². The number of nitrogens with zero attached hydrogens (tertiary/aromatic N) is 4. The van der Waals surface area contributed by atoms with Crippen LogP contribution in [0.25, 0.3) is 11.1 Å². The molecule has 0 saturated heterocycles. The van der Waals surface area contributed by atoms with Gasteiger partial charge in [-0.2, -0.15) is 5.26 Å². The van der Waals surface area contributed by atoms with Crippen molar-refractivity contribution < 1.29 is 9.11 Å². The second kappa shape index (κ2) is 5.38. The first-order valence-electron chi connectivity index (χ1n) is 7.81. The molecule has 1 aromatic carbocycles. The maximum atomic E-state index is 10.6. The normalized spacial score (nSPS) is 19.8. The number of rotatable bonds is 3. The molecule has 4 rings (SSSR count). The van der Waals surface area contributed by atoms with Gasteiger partial charge in [0.1, 0.15) is 11.8 Å². The zero-order valence-electron chi connectivity index (χ0n) is 13.3. The van der Waals surface area contributed by atoms with Gasteiger partial charge < -0.3 is 0 Å². The number of nitriles is 1. The Kier molecular flexibility index (Phi) is 3.42. The lowest BCUT2D eigenvalue weighted by Gasteiger charge is -2.42. The topological polar surface area (TPSA) is 83.6 Å². The molecule has 124 valence electrons. The predicted octanol–water partition coefficient (Wildman–Crippen LogP) is 3.87. The minimum absolute atomic E-state index is 0.362. The van der Waals surface area contributed by atoms with E-state index in [0.29, 0.717) is 18.2 Å². The Morgan fingerprint density at radius 2 is 1.96 bits per heavy atom. The average molecular weight is 342 g/mol. The van der Waals surface area contributed by atoms with Gasteiger partial charge in [0.25, 0.3) is 0 Å². The summed E-state index contributed by atoms with van der Waals surface area (Å²) in [7, 11) is -1.28. The van der Waals surface area contributed by atoms with E-state index in [2.05, 4.69) is 4.98 Å². The minimum Gasteiger partial charge on any atom is -0.264 e. The van der Waals surface area contributed by atoms with Gasteiger partial charge in [0.2, 0.25) is 0 Å². The third-order valence-electron chi connectivity index (χ3n) is 4.58. The highest BCUT2D eigenvalue weighted by molar-refractivity contribution is 8.26. The first kappa shape index (κ1) is 15.3. The quantitative estimate of drug-likeness (QED) is 0.881. The van der Waals surface area contributed by atoms with Gasteiger partial charge in [-0.05, 0) is 65.1 Å². The number of aromatic nitrogens is 1. The van der Waals surface area contributed by atoms with Crippen molar-refractivity contribution in [1.82, 2.24) is 4.98 Å². The van der Waals surface area contributed by atoms with Crippen LogP contribution in [0, 0.1) is 17.2 Å². The SMILES string of the molecule is CN1c2cc(-c3ccnc(C#N)c3)ccc2N(CC2CC2)S1(O)O. The molecule has 2 aliphatic rings. The summed E-state index contributed by atoms with van der Waals surface area (Å²) in [6.07, 6.45) is 3.91. The molecule has 2 heterocycles. The van der Waals surface area contributed by atoms with Crippen LogP contribution in [-0.2, 0) is 0 Å². The molecule has 0 unspecified atom stereocenters. The van der Waals surface area contributed by atoms with Gasteiger partial charge in [0.05, 0.1) is 11.4 Å². The van der Waals surface area contributed by atoms with E-state index in [1.165, 1.54) is 0 Å². The van der Waals surface area contributed by atoms with Gasteiger partial charge >= 0.3 is 0 Å². The monoisotopic (exact) mass is 342 g/mol. The first-order chi connectivity index (χ1) is 11.5. The fourth-order valence-corrected chi connectivity index (χ4v) is 4.52. The maximum absolute atomic E-state index is 10.6. The molecule has 1 aliphatic heterocycles. The van der Waals surface area contributed by atoms with Crippen molar-refractivity contribution in [2.75, 3.05) is 22.2 Å². The molecule has 0 atom stereocenters. The molecule has 1 aliphatic carbocycles. The predicted molar refractivity (Wildman–Crippen MR) is 95.7 cm³/mol. The highest BCUT2D eigenvalue weighted by Gasteiger charge is 2.41. The van der Waals surface area contributed by atoms with Gasteiger partial charge in [-0.3, -0.25) is 17.7 Å². The number of hydrogen-bond acceptors (Lipinski definition) is 6. The molecule has 2 N–H and O–H groups in total.